The number of halogens is 2. The third-order valence-corrected chi connectivity index (χ3v) is 6.22. The van der Waals surface area contributed by atoms with E-state index in [-0.39, 0.29) is 18.0 Å². The van der Waals surface area contributed by atoms with Crippen LogP contribution in [0.2, 0.25) is 10.0 Å². The smallest absolute Gasteiger partial charge is 0.256 e. The van der Waals surface area contributed by atoms with Gasteiger partial charge in [-0.2, -0.15) is 0 Å². The van der Waals surface area contributed by atoms with Gasteiger partial charge in [-0.1, -0.05) is 23.2 Å². The average Bonchev–Trinajstić information content (AvgIpc) is 3.00. The monoisotopic (exact) mass is 445 g/mol. The highest BCUT2D eigenvalue weighted by Crippen LogP contribution is 2.37. The molecule has 1 aliphatic rings. The highest BCUT2D eigenvalue weighted by Gasteiger charge is 2.31. The molecule has 0 radical (unpaired) electrons. The van der Waals surface area contributed by atoms with Crippen LogP contribution in [0.5, 0.6) is 0 Å². The number of benzene rings is 1. The van der Waals surface area contributed by atoms with Gasteiger partial charge in [0.1, 0.15) is 11.6 Å². The number of hydrogen-bond donors (Lipinski definition) is 1. The maximum Gasteiger partial charge on any atom is 0.256 e. The number of nitrogens with one attached hydrogen (secondary N) is 1. The third-order valence-electron chi connectivity index (χ3n) is 5.50. The average molecular weight is 446 g/mol. The number of hydrogen-bond acceptors (Lipinski definition) is 4. The van der Waals surface area contributed by atoms with Crippen molar-refractivity contribution in [3.05, 3.63) is 72.1 Å². The maximum absolute atomic E-state index is 13.4. The highest BCUT2D eigenvalue weighted by molar-refractivity contribution is 6.38. The first-order valence-electron chi connectivity index (χ1n) is 9.57. The molecule has 30 heavy (non-hydrogen) atoms. The van der Waals surface area contributed by atoms with E-state index in [0.717, 1.165) is 16.8 Å². The zero-order chi connectivity index (χ0) is 21.7. The topological polar surface area (TPSA) is 83.9 Å². The van der Waals surface area contributed by atoms with Crippen molar-refractivity contribution in [2.24, 2.45) is 0 Å². The van der Waals surface area contributed by atoms with Crippen molar-refractivity contribution in [3.63, 3.8) is 0 Å². The Morgan fingerprint density at radius 3 is 2.37 bits per heavy atom. The molecular weight excluding hydrogens is 425 g/mol. The van der Waals surface area contributed by atoms with Crippen LogP contribution in [-0.4, -0.2) is 37.1 Å². The first-order valence-corrected chi connectivity index (χ1v) is 10.3. The van der Waals surface area contributed by atoms with E-state index in [0.29, 0.717) is 51.5 Å². The predicted octanol–water partition coefficient (Wildman–Crippen LogP) is 3.69. The van der Waals surface area contributed by atoms with Crippen LogP contribution in [0.1, 0.15) is 44.4 Å². The van der Waals surface area contributed by atoms with Crippen molar-refractivity contribution >= 4 is 29.1 Å². The van der Waals surface area contributed by atoms with E-state index in [1.807, 2.05) is 33.8 Å². The molecule has 0 bridgehead atoms. The van der Waals surface area contributed by atoms with Gasteiger partial charge in [0.25, 0.3) is 11.5 Å². The summed E-state index contributed by atoms with van der Waals surface area (Å²) >= 11 is 13.3. The van der Waals surface area contributed by atoms with Gasteiger partial charge in [0.15, 0.2) is 0 Å². The van der Waals surface area contributed by atoms with Gasteiger partial charge in [-0.15, -0.1) is 10.2 Å². The van der Waals surface area contributed by atoms with Crippen LogP contribution < -0.4 is 5.56 Å². The Morgan fingerprint density at radius 2 is 1.73 bits per heavy atom. The number of H-pyrrole nitrogens is 1. The molecular formula is C21H21Cl2N5O2. The van der Waals surface area contributed by atoms with Crippen molar-refractivity contribution in [2.45, 2.75) is 40.7 Å². The lowest BCUT2D eigenvalue weighted by Crippen LogP contribution is -2.39. The first kappa shape index (κ1) is 20.6. The third kappa shape index (κ3) is 3.32. The maximum atomic E-state index is 13.4. The molecule has 0 atom stereocenters. The number of rotatable bonds is 3. The number of nitrogens with zero attached hydrogens (tertiary/aromatic N) is 4. The van der Waals surface area contributed by atoms with E-state index >= 15 is 0 Å². The fourth-order valence-electron chi connectivity index (χ4n) is 4.02. The second kappa shape index (κ2) is 7.56. The molecule has 0 unspecified atom stereocenters. The van der Waals surface area contributed by atoms with E-state index in [1.165, 1.54) is 0 Å². The molecule has 0 spiro atoms. The van der Waals surface area contributed by atoms with Crippen molar-refractivity contribution in [2.75, 3.05) is 6.54 Å². The molecule has 1 amide bonds. The molecule has 3 aromatic rings. The molecule has 156 valence electrons. The minimum atomic E-state index is -0.243. The Balaban J connectivity index is 1.79. The number of aryl methyl sites for hydroxylation is 4. The summed E-state index contributed by atoms with van der Waals surface area (Å²) in [5, 5.41) is 8.93. The normalized spacial score (nSPS) is 13.7. The zero-order valence-electron chi connectivity index (χ0n) is 17.1. The van der Waals surface area contributed by atoms with Crippen LogP contribution in [-0.2, 0) is 13.0 Å². The second-order valence-electron chi connectivity index (χ2n) is 7.59. The number of carbonyl (C=O) groups is 1. The van der Waals surface area contributed by atoms with E-state index in [1.54, 1.807) is 15.5 Å². The van der Waals surface area contributed by atoms with Crippen molar-refractivity contribution in [3.8, 4) is 5.69 Å². The number of aromatic amines is 1. The van der Waals surface area contributed by atoms with Crippen LogP contribution in [0.15, 0.2) is 16.9 Å². The van der Waals surface area contributed by atoms with E-state index < -0.39 is 0 Å². The SMILES string of the molecule is Cc1cc(C)c(CN2CCc3c(Cl)cc(-n4c(C)nnc4C)c(Cl)c3C2=O)c(=O)[nH]1. The summed E-state index contributed by atoms with van der Waals surface area (Å²) in [5.41, 5.74) is 3.70. The van der Waals surface area contributed by atoms with Gasteiger partial charge in [-0.3, -0.25) is 14.2 Å². The Hall–Kier alpha value is -2.64. The summed E-state index contributed by atoms with van der Waals surface area (Å²) in [5.74, 6) is 1.05. The van der Waals surface area contributed by atoms with Crippen LogP contribution in [0, 0.1) is 27.7 Å². The summed E-state index contributed by atoms with van der Waals surface area (Å²) in [6, 6.07) is 3.66. The number of fused-ring (bicyclic) bond motifs is 1. The van der Waals surface area contributed by atoms with Crippen LogP contribution >= 0.6 is 23.2 Å². The number of amides is 1. The molecule has 0 saturated heterocycles. The molecule has 1 N–H and O–H groups in total. The molecule has 0 aliphatic carbocycles. The molecule has 1 aromatic carbocycles. The Bertz CT molecular complexity index is 1230. The van der Waals surface area contributed by atoms with Crippen molar-refractivity contribution < 1.29 is 4.79 Å². The van der Waals surface area contributed by atoms with Crippen LogP contribution in [0.25, 0.3) is 5.69 Å². The quantitative estimate of drug-likeness (QED) is 0.665. The lowest BCUT2D eigenvalue weighted by molar-refractivity contribution is 0.0726. The lowest BCUT2D eigenvalue weighted by Gasteiger charge is -2.31. The summed E-state index contributed by atoms with van der Waals surface area (Å²) in [7, 11) is 0. The number of aromatic nitrogens is 4. The summed E-state index contributed by atoms with van der Waals surface area (Å²) in [4.78, 5) is 30.3. The zero-order valence-corrected chi connectivity index (χ0v) is 18.6. The Kier molecular flexibility index (Phi) is 5.20. The molecule has 7 nitrogen and oxygen atoms in total. The van der Waals surface area contributed by atoms with Crippen molar-refractivity contribution in [1.29, 1.82) is 0 Å². The fourth-order valence-corrected chi connectivity index (χ4v) is 4.65. The van der Waals surface area contributed by atoms with Crippen molar-refractivity contribution in [1.82, 2.24) is 24.6 Å². The standard InChI is InChI=1S/C21H21Cl2N5O2/c1-10-7-11(2)24-20(29)15(10)9-27-6-5-14-16(22)8-17(19(23)18(14)21(27)30)28-12(3)25-26-13(28)4/h7-8H,5-6,9H2,1-4H3,(H,24,29). The molecule has 3 heterocycles. The van der Waals surface area contributed by atoms with Gasteiger partial charge in [0.2, 0.25) is 0 Å². The largest absolute Gasteiger partial charge is 0.334 e. The van der Waals surface area contributed by atoms with Crippen LogP contribution in [0.4, 0.5) is 0 Å². The molecule has 9 heteroatoms. The van der Waals surface area contributed by atoms with Gasteiger partial charge in [-0.05, 0) is 57.4 Å². The van der Waals surface area contributed by atoms with Gasteiger partial charge < -0.3 is 9.88 Å². The summed E-state index contributed by atoms with van der Waals surface area (Å²) < 4.78 is 1.77. The van der Waals surface area contributed by atoms with Gasteiger partial charge in [0.05, 0.1) is 22.8 Å². The molecule has 2 aromatic heterocycles. The summed E-state index contributed by atoms with van der Waals surface area (Å²) in [6.45, 7) is 7.99. The Labute approximate surface area is 183 Å². The second-order valence-corrected chi connectivity index (χ2v) is 8.38. The van der Waals surface area contributed by atoms with Crippen LogP contribution in [0.3, 0.4) is 0 Å². The Morgan fingerprint density at radius 1 is 1.07 bits per heavy atom. The lowest BCUT2D eigenvalue weighted by atomic mass is 9.97. The first-order chi connectivity index (χ1) is 14.2. The van der Waals surface area contributed by atoms with Gasteiger partial charge in [-0.25, -0.2) is 0 Å². The van der Waals surface area contributed by atoms with E-state index in [2.05, 4.69) is 15.2 Å². The predicted molar refractivity (Wildman–Crippen MR) is 116 cm³/mol. The summed E-state index contributed by atoms with van der Waals surface area (Å²) in [6.07, 6.45) is 0.558. The molecule has 0 saturated carbocycles. The van der Waals surface area contributed by atoms with Gasteiger partial charge >= 0.3 is 0 Å². The molecule has 4 rings (SSSR count). The number of carbonyl (C=O) groups excluding carboxylic acids is 1. The van der Waals surface area contributed by atoms with E-state index in [9.17, 15) is 9.59 Å². The molecule has 1 aliphatic heterocycles. The fraction of sp³-hybridized carbons (Fsp3) is 0.333. The highest BCUT2D eigenvalue weighted by atomic mass is 35.5. The van der Waals surface area contributed by atoms with Gasteiger partial charge in [0, 0.05) is 22.8 Å². The minimum absolute atomic E-state index is 0.181. The minimum Gasteiger partial charge on any atom is -0.334 e. The van der Waals surface area contributed by atoms with E-state index in [4.69, 9.17) is 23.2 Å². The number of pyridine rings is 1. The molecule has 0 fully saturated rings.